The Morgan fingerprint density at radius 3 is 2.87 bits per heavy atom. The van der Waals surface area contributed by atoms with Gasteiger partial charge < -0.3 is 10.7 Å². The molecule has 2 atom stereocenters. The van der Waals surface area contributed by atoms with Crippen LogP contribution in [0.4, 0.5) is 0 Å². The molecule has 1 aliphatic carbocycles. The highest BCUT2D eigenvalue weighted by Crippen LogP contribution is 2.30. The Morgan fingerprint density at radius 2 is 2.27 bits per heavy atom. The van der Waals surface area contributed by atoms with Gasteiger partial charge in [-0.15, -0.1) is 0 Å². The number of nitrogens with zero attached hydrogens (tertiary/aromatic N) is 1. The fourth-order valence-corrected chi connectivity index (χ4v) is 2.33. The third-order valence-corrected chi connectivity index (χ3v) is 3.34. The first kappa shape index (κ1) is 10.7. The molecule has 1 aromatic heterocycles. The first-order valence-corrected chi connectivity index (χ1v) is 5.97. The number of imidazole rings is 1. The SMILES string of the molecule is CC(C)c1cnc(C2CCCC(N)C2)[nH]1. The monoisotopic (exact) mass is 207 g/mol. The van der Waals surface area contributed by atoms with Gasteiger partial charge in [-0.25, -0.2) is 4.98 Å². The Balaban J connectivity index is 2.08. The lowest BCUT2D eigenvalue weighted by Crippen LogP contribution is -2.27. The van der Waals surface area contributed by atoms with Crippen molar-refractivity contribution in [1.82, 2.24) is 9.97 Å². The molecule has 1 saturated carbocycles. The normalized spacial score (nSPS) is 27.2. The fourth-order valence-electron chi connectivity index (χ4n) is 2.33. The van der Waals surface area contributed by atoms with E-state index in [-0.39, 0.29) is 0 Å². The topological polar surface area (TPSA) is 54.7 Å². The molecule has 0 bridgehead atoms. The van der Waals surface area contributed by atoms with Crippen LogP contribution in [0.1, 0.15) is 62.9 Å². The zero-order valence-electron chi connectivity index (χ0n) is 9.66. The third kappa shape index (κ3) is 2.40. The van der Waals surface area contributed by atoms with E-state index in [2.05, 4.69) is 23.8 Å². The number of hydrogen-bond donors (Lipinski definition) is 2. The number of rotatable bonds is 2. The lowest BCUT2D eigenvalue weighted by Gasteiger charge is -2.24. The summed E-state index contributed by atoms with van der Waals surface area (Å²) in [5.74, 6) is 2.23. The van der Waals surface area contributed by atoms with Gasteiger partial charge in [0, 0.05) is 23.9 Å². The van der Waals surface area contributed by atoms with Gasteiger partial charge in [-0.2, -0.15) is 0 Å². The van der Waals surface area contributed by atoms with Gasteiger partial charge in [-0.05, 0) is 25.2 Å². The molecule has 15 heavy (non-hydrogen) atoms. The summed E-state index contributed by atoms with van der Waals surface area (Å²) in [6, 6.07) is 0.372. The highest BCUT2D eigenvalue weighted by atomic mass is 14.9. The largest absolute Gasteiger partial charge is 0.345 e. The van der Waals surface area contributed by atoms with Crippen LogP contribution in [0.2, 0.25) is 0 Å². The van der Waals surface area contributed by atoms with E-state index in [4.69, 9.17) is 5.73 Å². The van der Waals surface area contributed by atoms with Crippen LogP contribution < -0.4 is 5.73 Å². The molecule has 0 aliphatic heterocycles. The van der Waals surface area contributed by atoms with Crippen LogP contribution in [0.5, 0.6) is 0 Å². The van der Waals surface area contributed by atoms with Crippen LogP contribution in [-0.2, 0) is 0 Å². The van der Waals surface area contributed by atoms with E-state index in [9.17, 15) is 0 Å². The van der Waals surface area contributed by atoms with Crippen molar-refractivity contribution in [3.63, 3.8) is 0 Å². The number of aromatic amines is 1. The number of nitrogens with one attached hydrogen (secondary N) is 1. The summed E-state index contributed by atoms with van der Waals surface area (Å²) < 4.78 is 0. The second kappa shape index (κ2) is 4.35. The van der Waals surface area contributed by atoms with Crippen LogP contribution in [0.3, 0.4) is 0 Å². The van der Waals surface area contributed by atoms with Crippen LogP contribution in [0.25, 0.3) is 0 Å². The Kier molecular flexibility index (Phi) is 3.10. The van der Waals surface area contributed by atoms with E-state index in [0.29, 0.717) is 17.9 Å². The molecule has 1 aromatic rings. The third-order valence-electron chi connectivity index (χ3n) is 3.34. The highest BCUT2D eigenvalue weighted by molar-refractivity contribution is 5.09. The van der Waals surface area contributed by atoms with Gasteiger partial charge in [-0.3, -0.25) is 0 Å². The Bertz CT molecular complexity index is 316. The molecule has 0 radical (unpaired) electrons. The summed E-state index contributed by atoms with van der Waals surface area (Å²) in [6.07, 6.45) is 6.71. The Morgan fingerprint density at radius 1 is 1.47 bits per heavy atom. The van der Waals surface area contributed by atoms with Gasteiger partial charge in [0.15, 0.2) is 0 Å². The number of nitrogens with two attached hydrogens (primary N) is 1. The molecule has 1 heterocycles. The molecule has 3 heteroatoms. The molecule has 3 nitrogen and oxygen atoms in total. The molecule has 0 saturated heterocycles. The lowest BCUT2D eigenvalue weighted by atomic mass is 9.86. The van der Waals surface area contributed by atoms with E-state index in [1.807, 2.05) is 6.20 Å². The van der Waals surface area contributed by atoms with Gasteiger partial charge in [-0.1, -0.05) is 20.3 Å². The maximum absolute atomic E-state index is 5.99. The summed E-state index contributed by atoms with van der Waals surface area (Å²) in [6.45, 7) is 4.37. The van der Waals surface area contributed by atoms with Gasteiger partial charge >= 0.3 is 0 Å². The van der Waals surface area contributed by atoms with Crippen molar-refractivity contribution < 1.29 is 0 Å². The van der Waals surface area contributed by atoms with Crippen molar-refractivity contribution in [2.75, 3.05) is 0 Å². The van der Waals surface area contributed by atoms with Crippen molar-refractivity contribution in [2.45, 2.75) is 57.4 Å². The quantitative estimate of drug-likeness (QED) is 0.783. The predicted molar refractivity (Wildman–Crippen MR) is 61.9 cm³/mol. The van der Waals surface area contributed by atoms with Crippen molar-refractivity contribution in [3.8, 4) is 0 Å². The summed E-state index contributed by atoms with van der Waals surface area (Å²) in [5.41, 5.74) is 7.23. The Hall–Kier alpha value is -0.830. The zero-order valence-corrected chi connectivity index (χ0v) is 9.66. The molecule has 3 N–H and O–H groups in total. The van der Waals surface area contributed by atoms with E-state index < -0.39 is 0 Å². The molecular formula is C12H21N3. The lowest BCUT2D eigenvalue weighted by molar-refractivity contribution is 0.383. The minimum absolute atomic E-state index is 0.372. The van der Waals surface area contributed by atoms with Crippen molar-refractivity contribution >= 4 is 0 Å². The molecule has 0 amide bonds. The molecule has 1 fully saturated rings. The maximum Gasteiger partial charge on any atom is 0.109 e. The van der Waals surface area contributed by atoms with E-state index in [1.165, 1.54) is 25.0 Å². The first-order chi connectivity index (χ1) is 7.16. The van der Waals surface area contributed by atoms with Crippen molar-refractivity contribution in [2.24, 2.45) is 5.73 Å². The zero-order chi connectivity index (χ0) is 10.8. The molecule has 0 spiro atoms. The second-order valence-corrected chi connectivity index (χ2v) is 5.00. The molecule has 0 aromatic carbocycles. The van der Waals surface area contributed by atoms with Crippen molar-refractivity contribution in [1.29, 1.82) is 0 Å². The summed E-state index contributed by atoms with van der Waals surface area (Å²) >= 11 is 0. The smallest absolute Gasteiger partial charge is 0.109 e. The first-order valence-electron chi connectivity index (χ1n) is 5.97. The number of aromatic nitrogens is 2. The highest BCUT2D eigenvalue weighted by Gasteiger charge is 2.23. The Labute approximate surface area is 91.5 Å². The fraction of sp³-hybridized carbons (Fsp3) is 0.750. The van der Waals surface area contributed by atoms with Crippen LogP contribution in [-0.4, -0.2) is 16.0 Å². The second-order valence-electron chi connectivity index (χ2n) is 5.00. The molecule has 2 unspecified atom stereocenters. The molecule has 2 rings (SSSR count). The summed E-state index contributed by atoms with van der Waals surface area (Å²) in [5, 5.41) is 0. The summed E-state index contributed by atoms with van der Waals surface area (Å²) in [4.78, 5) is 7.92. The van der Waals surface area contributed by atoms with Crippen LogP contribution in [0, 0.1) is 0 Å². The summed E-state index contributed by atoms with van der Waals surface area (Å²) in [7, 11) is 0. The van der Waals surface area contributed by atoms with E-state index in [1.54, 1.807) is 0 Å². The van der Waals surface area contributed by atoms with Gasteiger partial charge in [0.1, 0.15) is 5.82 Å². The molecule has 1 aliphatic rings. The minimum Gasteiger partial charge on any atom is -0.345 e. The van der Waals surface area contributed by atoms with Crippen LogP contribution >= 0.6 is 0 Å². The molecule has 84 valence electrons. The average Bonchev–Trinajstić information content (AvgIpc) is 2.66. The van der Waals surface area contributed by atoms with Gasteiger partial charge in [0.25, 0.3) is 0 Å². The van der Waals surface area contributed by atoms with Crippen LogP contribution in [0.15, 0.2) is 6.20 Å². The van der Waals surface area contributed by atoms with Gasteiger partial charge in [0.2, 0.25) is 0 Å². The standard InChI is InChI=1S/C12H21N3/c1-8(2)11-7-14-12(15-11)9-4-3-5-10(13)6-9/h7-10H,3-6,13H2,1-2H3,(H,14,15). The van der Waals surface area contributed by atoms with E-state index in [0.717, 1.165) is 12.2 Å². The van der Waals surface area contributed by atoms with Gasteiger partial charge in [0.05, 0.1) is 0 Å². The predicted octanol–water partition coefficient (Wildman–Crippen LogP) is 2.52. The van der Waals surface area contributed by atoms with E-state index >= 15 is 0 Å². The number of H-pyrrole nitrogens is 1. The maximum atomic E-state index is 5.99. The van der Waals surface area contributed by atoms with Crippen molar-refractivity contribution in [3.05, 3.63) is 17.7 Å². The number of hydrogen-bond acceptors (Lipinski definition) is 2. The molecular weight excluding hydrogens is 186 g/mol. The average molecular weight is 207 g/mol. The minimum atomic E-state index is 0.372.